The van der Waals surface area contributed by atoms with Gasteiger partial charge in [-0.15, -0.1) is 0 Å². The summed E-state index contributed by atoms with van der Waals surface area (Å²) in [6.07, 6.45) is 1.18. The lowest BCUT2D eigenvalue weighted by molar-refractivity contribution is -0.0162. The minimum Gasteiger partial charge on any atom is -0.390 e. The highest BCUT2D eigenvalue weighted by molar-refractivity contribution is 6.28. The number of nitrogens with one attached hydrogen (secondary N) is 1. The second kappa shape index (κ2) is 5.12. The van der Waals surface area contributed by atoms with E-state index >= 15 is 0 Å². The Balaban J connectivity index is 2.11. The summed E-state index contributed by atoms with van der Waals surface area (Å²) in [6, 6.07) is -0.431. The Kier molecular flexibility index (Phi) is 3.76. The van der Waals surface area contributed by atoms with E-state index in [1.54, 1.807) is 0 Å². The number of aromatic nitrogens is 2. The van der Waals surface area contributed by atoms with Crippen molar-refractivity contribution >= 4 is 17.4 Å². The Bertz CT molecular complexity index is 407. The minimum atomic E-state index is -0.933. The van der Waals surface area contributed by atoms with Gasteiger partial charge < -0.3 is 15.5 Å². The maximum atomic E-state index is 13.4. The number of hydrogen-bond acceptors (Lipinski definition) is 5. The quantitative estimate of drug-likeness (QED) is 0.691. The number of nitrogens with zero attached hydrogens (tertiary/aromatic N) is 2. The van der Waals surface area contributed by atoms with E-state index in [1.807, 2.05) is 0 Å². The van der Waals surface area contributed by atoms with Crippen LogP contribution >= 0.6 is 11.6 Å². The van der Waals surface area contributed by atoms with Crippen LogP contribution in [0.15, 0.2) is 6.20 Å². The van der Waals surface area contributed by atoms with Gasteiger partial charge in [-0.3, -0.25) is 0 Å². The topological polar surface area (TPSA) is 78.3 Å². The molecule has 2 rings (SSSR count). The van der Waals surface area contributed by atoms with E-state index in [9.17, 15) is 14.6 Å². The lowest BCUT2D eigenvalue weighted by Crippen LogP contribution is -2.45. The van der Waals surface area contributed by atoms with Crippen molar-refractivity contribution in [3.63, 3.8) is 0 Å². The lowest BCUT2D eigenvalue weighted by atomic mass is 9.90. The normalized spacial score (nSPS) is 29.1. The van der Waals surface area contributed by atoms with Crippen LogP contribution in [0.1, 0.15) is 19.3 Å². The summed E-state index contributed by atoms with van der Waals surface area (Å²) in [6.45, 7) is 0. The highest BCUT2D eigenvalue weighted by atomic mass is 35.5. The number of anilines is 1. The zero-order valence-corrected chi connectivity index (χ0v) is 9.73. The molecular formula is C10H13ClFN3O2. The van der Waals surface area contributed by atoms with Crippen molar-refractivity contribution < 1.29 is 14.6 Å². The Morgan fingerprint density at radius 2 is 2.18 bits per heavy atom. The molecule has 1 heterocycles. The summed E-state index contributed by atoms with van der Waals surface area (Å²) >= 11 is 5.56. The molecule has 1 aliphatic rings. The Morgan fingerprint density at radius 3 is 2.94 bits per heavy atom. The molecule has 5 nitrogen and oxygen atoms in total. The molecule has 1 aromatic rings. The second-order valence-corrected chi connectivity index (χ2v) is 4.41. The summed E-state index contributed by atoms with van der Waals surface area (Å²) < 4.78 is 13.4. The molecule has 3 atom stereocenters. The van der Waals surface area contributed by atoms with E-state index in [1.165, 1.54) is 0 Å². The summed E-state index contributed by atoms with van der Waals surface area (Å²) in [5.74, 6) is -0.690. The summed E-state index contributed by atoms with van der Waals surface area (Å²) in [5.41, 5.74) is 0. The van der Waals surface area contributed by atoms with Gasteiger partial charge in [-0.2, -0.15) is 4.98 Å². The van der Waals surface area contributed by atoms with E-state index in [2.05, 4.69) is 15.3 Å². The van der Waals surface area contributed by atoms with Gasteiger partial charge in [0, 0.05) is 0 Å². The third-order valence-corrected chi connectivity index (χ3v) is 3.04. The van der Waals surface area contributed by atoms with Crippen LogP contribution in [0.2, 0.25) is 5.28 Å². The molecule has 1 aliphatic carbocycles. The van der Waals surface area contributed by atoms with Crippen molar-refractivity contribution in [1.29, 1.82) is 0 Å². The van der Waals surface area contributed by atoms with Crippen LogP contribution in [0.3, 0.4) is 0 Å². The van der Waals surface area contributed by atoms with Crippen LogP contribution in [0.5, 0.6) is 0 Å². The fraction of sp³-hybridized carbons (Fsp3) is 0.600. The fourth-order valence-electron chi connectivity index (χ4n) is 1.94. The number of hydrogen-bond donors (Lipinski definition) is 3. The van der Waals surface area contributed by atoms with E-state index < -0.39 is 24.1 Å². The molecule has 0 saturated heterocycles. The van der Waals surface area contributed by atoms with Crippen molar-refractivity contribution in [2.24, 2.45) is 0 Å². The van der Waals surface area contributed by atoms with Crippen LogP contribution < -0.4 is 5.32 Å². The van der Waals surface area contributed by atoms with Gasteiger partial charge in [0.2, 0.25) is 5.28 Å². The van der Waals surface area contributed by atoms with Crippen molar-refractivity contribution in [2.45, 2.75) is 37.5 Å². The average Bonchev–Trinajstić information content (AvgIpc) is 2.30. The third-order valence-electron chi connectivity index (χ3n) is 2.86. The molecule has 1 aromatic heterocycles. The predicted molar refractivity (Wildman–Crippen MR) is 60.3 cm³/mol. The van der Waals surface area contributed by atoms with Crippen LogP contribution in [0.4, 0.5) is 10.2 Å². The molecule has 3 N–H and O–H groups in total. The minimum absolute atomic E-state index is 0.0526. The first-order valence-corrected chi connectivity index (χ1v) is 5.76. The van der Waals surface area contributed by atoms with E-state index in [4.69, 9.17) is 11.6 Å². The highest BCUT2D eigenvalue weighted by Crippen LogP contribution is 2.23. The molecule has 0 amide bonds. The SMILES string of the molecule is O[C@H]1[C@H](O)CCC[C@@H]1Nc1nc(Cl)ncc1F. The smallest absolute Gasteiger partial charge is 0.224 e. The lowest BCUT2D eigenvalue weighted by Gasteiger charge is -2.32. The van der Waals surface area contributed by atoms with Gasteiger partial charge in [0.15, 0.2) is 11.6 Å². The van der Waals surface area contributed by atoms with Gasteiger partial charge in [0.25, 0.3) is 0 Å². The molecule has 0 unspecified atom stereocenters. The van der Waals surface area contributed by atoms with Crippen molar-refractivity contribution in [1.82, 2.24) is 9.97 Å². The number of halogens is 2. The Morgan fingerprint density at radius 1 is 1.41 bits per heavy atom. The standard InChI is InChI=1S/C10H13ClFN3O2/c11-10-13-4-5(12)9(15-10)14-6-2-1-3-7(16)8(6)17/h4,6-8,16-17H,1-3H2,(H,13,14,15)/t6-,7+,8+/m0/s1. The molecule has 17 heavy (non-hydrogen) atoms. The number of aliphatic hydroxyl groups is 2. The van der Waals surface area contributed by atoms with Gasteiger partial charge >= 0.3 is 0 Å². The Hall–Kier alpha value is -0.980. The first kappa shape index (κ1) is 12.5. The van der Waals surface area contributed by atoms with E-state index in [0.29, 0.717) is 12.8 Å². The van der Waals surface area contributed by atoms with Crippen molar-refractivity contribution in [3.8, 4) is 0 Å². The summed E-state index contributed by atoms with van der Waals surface area (Å²) in [4.78, 5) is 7.20. The fourth-order valence-corrected chi connectivity index (χ4v) is 2.07. The van der Waals surface area contributed by atoms with Crippen molar-refractivity contribution in [3.05, 3.63) is 17.3 Å². The molecule has 94 valence electrons. The summed E-state index contributed by atoms with van der Waals surface area (Å²) in [5, 5.41) is 21.9. The van der Waals surface area contributed by atoms with E-state index in [0.717, 1.165) is 12.6 Å². The van der Waals surface area contributed by atoms with Crippen LogP contribution in [-0.4, -0.2) is 38.4 Å². The van der Waals surface area contributed by atoms with Crippen LogP contribution in [0.25, 0.3) is 0 Å². The molecule has 1 fully saturated rings. The molecule has 0 aromatic carbocycles. The van der Waals surface area contributed by atoms with Gasteiger partial charge in [-0.25, -0.2) is 9.37 Å². The van der Waals surface area contributed by atoms with Crippen LogP contribution in [-0.2, 0) is 0 Å². The Labute approximate surface area is 103 Å². The predicted octanol–water partition coefficient (Wildman–Crippen LogP) is 0.955. The maximum Gasteiger partial charge on any atom is 0.224 e. The molecular weight excluding hydrogens is 249 g/mol. The molecule has 0 radical (unpaired) electrons. The molecule has 0 aliphatic heterocycles. The number of aliphatic hydroxyl groups excluding tert-OH is 2. The molecule has 0 bridgehead atoms. The number of rotatable bonds is 2. The van der Waals surface area contributed by atoms with E-state index in [-0.39, 0.29) is 11.1 Å². The van der Waals surface area contributed by atoms with Gasteiger partial charge in [0.05, 0.1) is 24.4 Å². The zero-order valence-electron chi connectivity index (χ0n) is 8.98. The maximum absolute atomic E-state index is 13.4. The largest absolute Gasteiger partial charge is 0.390 e. The zero-order chi connectivity index (χ0) is 12.4. The first-order chi connectivity index (χ1) is 8.08. The molecule has 1 saturated carbocycles. The third kappa shape index (κ3) is 2.83. The van der Waals surface area contributed by atoms with Crippen LogP contribution in [0, 0.1) is 5.82 Å². The molecule has 7 heteroatoms. The first-order valence-electron chi connectivity index (χ1n) is 5.38. The molecule has 0 spiro atoms. The average molecular weight is 262 g/mol. The second-order valence-electron chi connectivity index (χ2n) is 4.08. The van der Waals surface area contributed by atoms with Gasteiger partial charge in [-0.1, -0.05) is 0 Å². The monoisotopic (exact) mass is 261 g/mol. The van der Waals surface area contributed by atoms with Gasteiger partial charge in [-0.05, 0) is 30.9 Å². The van der Waals surface area contributed by atoms with Gasteiger partial charge in [0.1, 0.15) is 0 Å². The van der Waals surface area contributed by atoms with Crippen molar-refractivity contribution in [2.75, 3.05) is 5.32 Å². The summed E-state index contributed by atoms with van der Waals surface area (Å²) in [7, 11) is 0. The highest BCUT2D eigenvalue weighted by Gasteiger charge is 2.31.